The number of hydrogen-bond acceptors (Lipinski definition) is 1. The number of hydrogen-bond donors (Lipinski definition) is 0. The van der Waals surface area contributed by atoms with Gasteiger partial charge in [-0.1, -0.05) is 0 Å². The Kier molecular flexibility index (Phi) is 3.13. The first-order chi connectivity index (χ1) is 4.27. The van der Waals surface area contributed by atoms with Crippen molar-refractivity contribution in [2.24, 2.45) is 0 Å². The van der Waals surface area contributed by atoms with Crippen LogP contribution >= 0.6 is 0 Å². The van der Waals surface area contributed by atoms with E-state index in [0.717, 1.165) is 6.61 Å². The van der Waals surface area contributed by atoms with Crippen molar-refractivity contribution in [1.29, 1.82) is 0 Å². The summed E-state index contributed by atoms with van der Waals surface area (Å²) in [5.41, 5.74) is 0. The van der Waals surface area contributed by atoms with E-state index in [1.807, 2.05) is 0 Å². The molecule has 0 amide bonds. The fraction of sp³-hybridized carbons (Fsp3) is 1.00. The van der Waals surface area contributed by atoms with Crippen molar-refractivity contribution in [3.05, 3.63) is 0 Å². The molecule has 1 aliphatic heterocycles. The van der Waals surface area contributed by atoms with Crippen molar-refractivity contribution in [2.45, 2.75) is 22.4 Å². The molecule has 9 heavy (non-hydrogen) atoms. The van der Waals surface area contributed by atoms with E-state index in [1.54, 1.807) is 0 Å². The van der Waals surface area contributed by atoms with Crippen LogP contribution in [-0.4, -0.2) is 49.6 Å². The van der Waals surface area contributed by atoms with Crippen LogP contribution in [0.25, 0.3) is 0 Å². The molecule has 1 nitrogen and oxygen atoms in total. The molecule has 4 heteroatoms. The van der Waals surface area contributed by atoms with Gasteiger partial charge in [0, 0.05) is 0 Å². The zero-order chi connectivity index (χ0) is 6.74. The molecular weight excluding hydrogens is 237 g/mol. The van der Waals surface area contributed by atoms with Crippen molar-refractivity contribution in [3.8, 4) is 0 Å². The quantitative estimate of drug-likeness (QED) is 0.499. The Bertz CT molecular complexity index is 95.0. The zero-order valence-corrected chi connectivity index (χ0v) is 10.7. The Labute approximate surface area is 73.6 Å². The first-order valence-electron chi connectivity index (χ1n) is 3.70. The van der Waals surface area contributed by atoms with Gasteiger partial charge in [-0.3, -0.25) is 0 Å². The van der Waals surface area contributed by atoms with E-state index < -0.39 is 0 Å². The Balaban J connectivity index is 2.37. The van der Waals surface area contributed by atoms with Crippen molar-refractivity contribution < 1.29 is 4.74 Å². The second-order valence-corrected chi connectivity index (χ2v) is 9.96. The van der Waals surface area contributed by atoms with Gasteiger partial charge in [0.15, 0.2) is 0 Å². The molecule has 0 aliphatic carbocycles. The molecular formula is C5H14BOSbSi. The predicted octanol–water partition coefficient (Wildman–Crippen LogP) is -1.81. The van der Waals surface area contributed by atoms with Crippen molar-refractivity contribution in [2.75, 3.05) is 6.61 Å². The van der Waals surface area contributed by atoms with E-state index in [1.165, 1.54) is 42.3 Å². The van der Waals surface area contributed by atoms with Gasteiger partial charge in [-0.05, 0) is 0 Å². The molecule has 1 saturated heterocycles. The van der Waals surface area contributed by atoms with Crippen LogP contribution in [0.5, 0.6) is 0 Å². The second kappa shape index (κ2) is 3.45. The summed E-state index contributed by atoms with van der Waals surface area (Å²) in [4.78, 5) is 0. The molecule has 0 radical (unpaired) electrons. The van der Waals surface area contributed by atoms with E-state index in [-0.39, 0.29) is 9.39 Å². The van der Waals surface area contributed by atoms with Crippen LogP contribution in [0.4, 0.5) is 0 Å². The van der Waals surface area contributed by atoms with Crippen molar-refractivity contribution >= 4 is 39.9 Å². The third-order valence-corrected chi connectivity index (χ3v) is 8.53. The van der Waals surface area contributed by atoms with E-state index >= 15 is 0 Å². The summed E-state index contributed by atoms with van der Waals surface area (Å²) in [6, 6.07) is 0. The molecule has 0 spiro atoms. The Morgan fingerprint density at radius 1 is 1.56 bits per heavy atom. The maximum atomic E-state index is 5.73. The van der Waals surface area contributed by atoms with Crippen molar-refractivity contribution in [1.82, 2.24) is 0 Å². The van der Waals surface area contributed by atoms with Crippen molar-refractivity contribution in [3.63, 3.8) is 0 Å². The second-order valence-electron chi connectivity index (χ2n) is 2.72. The third-order valence-electron chi connectivity index (χ3n) is 1.98. The van der Waals surface area contributed by atoms with Gasteiger partial charge >= 0.3 is 73.6 Å². The van der Waals surface area contributed by atoms with Crippen LogP contribution < -0.4 is 0 Å². The van der Waals surface area contributed by atoms with Crippen LogP contribution in [0.15, 0.2) is 0 Å². The van der Waals surface area contributed by atoms with Gasteiger partial charge in [-0.25, -0.2) is 0 Å². The summed E-state index contributed by atoms with van der Waals surface area (Å²) in [6.45, 7) is 1.04. The summed E-state index contributed by atoms with van der Waals surface area (Å²) in [5.74, 6) is 0. The fourth-order valence-corrected chi connectivity index (χ4v) is 3.02. The van der Waals surface area contributed by atoms with Gasteiger partial charge in [0.1, 0.15) is 0 Å². The van der Waals surface area contributed by atoms with E-state index in [0.29, 0.717) is 3.17 Å². The van der Waals surface area contributed by atoms with Gasteiger partial charge < -0.3 is 0 Å². The standard InChI is InChI=1S/C5H12BOSi.Sb.2H/c6-8-5-3-1-2-4-7-5;;;/h1-4,6,8H2;;;. The zero-order valence-electron chi connectivity index (χ0n) is 6.02. The molecule has 1 rings (SSSR count). The summed E-state index contributed by atoms with van der Waals surface area (Å²) in [7, 11) is 2.48. The topological polar surface area (TPSA) is 9.23 Å². The molecule has 0 aromatic rings. The molecule has 52 valence electrons. The molecule has 1 fully saturated rings. The van der Waals surface area contributed by atoms with Crippen LogP contribution in [0.1, 0.15) is 19.3 Å². The average molecular weight is 251 g/mol. The molecule has 0 aromatic heterocycles. The van der Waals surface area contributed by atoms with E-state index in [4.69, 9.17) is 4.74 Å². The fourth-order valence-electron chi connectivity index (χ4n) is 1.15. The van der Waals surface area contributed by atoms with Crippen LogP contribution in [0.3, 0.4) is 0 Å². The molecule has 1 aliphatic rings. The first kappa shape index (κ1) is 8.16. The third kappa shape index (κ3) is 2.28. The van der Waals surface area contributed by atoms with Gasteiger partial charge in [0.2, 0.25) is 0 Å². The molecule has 0 aromatic carbocycles. The molecule has 0 bridgehead atoms. The predicted molar refractivity (Wildman–Crippen MR) is 48.2 cm³/mol. The summed E-state index contributed by atoms with van der Waals surface area (Å²) < 4.78 is 6.22. The Hall–Kier alpha value is 1.06. The molecule has 0 N–H and O–H groups in total. The SMILES string of the molecule is B[SiH2][C]1([SbH2])CCCCO1. The van der Waals surface area contributed by atoms with Crippen LogP contribution in [0, 0.1) is 0 Å². The van der Waals surface area contributed by atoms with E-state index in [2.05, 4.69) is 7.44 Å². The number of rotatable bonds is 1. The molecule has 1 atom stereocenters. The average Bonchev–Trinajstić information content (AvgIpc) is 1.90. The molecule has 1 heterocycles. The van der Waals surface area contributed by atoms with Crippen LogP contribution in [0.2, 0.25) is 0 Å². The minimum atomic E-state index is 0.107. The summed E-state index contributed by atoms with van der Waals surface area (Å²) in [5, 5.41) is 0. The minimum absolute atomic E-state index is 0.107. The molecule has 1 unspecified atom stereocenters. The van der Waals surface area contributed by atoms with Gasteiger partial charge in [0.05, 0.1) is 0 Å². The Morgan fingerprint density at radius 2 is 2.33 bits per heavy atom. The normalized spacial score (nSPS) is 37.9. The van der Waals surface area contributed by atoms with Crippen LogP contribution in [-0.2, 0) is 4.74 Å². The van der Waals surface area contributed by atoms with Gasteiger partial charge in [-0.2, -0.15) is 0 Å². The summed E-state index contributed by atoms with van der Waals surface area (Å²) >= 11 is 1.33. The Morgan fingerprint density at radius 3 is 2.67 bits per heavy atom. The van der Waals surface area contributed by atoms with E-state index in [9.17, 15) is 0 Å². The monoisotopic (exact) mass is 250 g/mol. The maximum absolute atomic E-state index is 5.73. The van der Waals surface area contributed by atoms with Gasteiger partial charge in [0.25, 0.3) is 0 Å². The van der Waals surface area contributed by atoms with Gasteiger partial charge in [-0.15, -0.1) is 0 Å². The first-order valence-corrected chi connectivity index (χ1v) is 7.46. The molecule has 0 saturated carbocycles. The summed E-state index contributed by atoms with van der Waals surface area (Å²) in [6.07, 6.45) is 4.09. The number of ether oxygens (including phenoxy) is 1.